The number of alkyl halides is 6. The molecule has 200 valence electrons. The van der Waals surface area contributed by atoms with Crippen molar-refractivity contribution in [2.75, 3.05) is 26.4 Å². The maximum atomic E-state index is 14.7. The number of ether oxygens (including phenoxy) is 4. The second kappa shape index (κ2) is 10.4. The summed E-state index contributed by atoms with van der Waals surface area (Å²) in [6.45, 7) is 8.40. The molecule has 2 unspecified atom stereocenters. The molecule has 4 nitrogen and oxygen atoms in total. The van der Waals surface area contributed by atoms with Crippen molar-refractivity contribution in [1.29, 1.82) is 0 Å². The van der Waals surface area contributed by atoms with E-state index < -0.39 is 28.9 Å². The number of hydrogen-bond donors (Lipinski definition) is 0. The summed E-state index contributed by atoms with van der Waals surface area (Å²) in [6, 6.07) is 5.71. The lowest BCUT2D eigenvalue weighted by atomic mass is 9.72. The molecule has 0 bridgehead atoms. The summed E-state index contributed by atoms with van der Waals surface area (Å²) in [5.41, 5.74) is -5.93. The number of epoxide rings is 2. The molecule has 2 saturated heterocycles. The first-order chi connectivity index (χ1) is 17.5. The summed E-state index contributed by atoms with van der Waals surface area (Å²) in [4.78, 5) is 0. The molecular formula is C27H26F6O4. The van der Waals surface area contributed by atoms with Crippen molar-refractivity contribution in [3.8, 4) is 11.5 Å². The predicted octanol–water partition coefficient (Wildman–Crippen LogP) is 6.11. The van der Waals surface area contributed by atoms with E-state index in [1.807, 2.05) is 0 Å². The fourth-order valence-corrected chi connectivity index (χ4v) is 4.21. The summed E-state index contributed by atoms with van der Waals surface area (Å²) < 4.78 is 110. The first-order valence-electron chi connectivity index (χ1n) is 11.6. The normalized spacial score (nSPS) is 19.3. The number of halogens is 6. The van der Waals surface area contributed by atoms with E-state index in [-0.39, 0.29) is 60.9 Å². The van der Waals surface area contributed by atoms with Crippen LogP contribution in [0.5, 0.6) is 11.5 Å². The molecule has 2 fully saturated rings. The van der Waals surface area contributed by atoms with Crippen LogP contribution in [0, 0.1) is 0 Å². The third-order valence-electron chi connectivity index (χ3n) is 6.22. The fraction of sp³-hybridized carbons (Fsp3) is 0.407. The molecule has 0 amide bonds. The Balaban J connectivity index is 1.85. The Morgan fingerprint density at radius 3 is 1.41 bits per heavy atom. The van der Waals surface area contributed by atoms with Gasteiger partial charge in [0.1, 0.15) is 36.9 Å². The highest BCUT2D eigenvalue weighted by molar-refractivity contribution is 5.52. The minimum Gasteiger partial charge on any atom is -0.490 e. The van der Waals surface area contributed by atoms with Gasteiger partial charge >= 0.3 is 12.4 Å². The van der Waals surface area contributed by atoms with Gasteiger partial charge in [0.05, 0.1) is 13.2 Å². The molecule has 4 rings (SSSR count). The van der Waals surface area contributed by atoms with Crippen molar-refractivity contribution >= 4 is 0 Å². The molecule has 0 N–H and O–H groups in total. The monoisotopic (exact) mass is 528 g/mol. The van der Waals surface area contributed by atoms with E-state index in [4.69, 9.17) is 18.9 Å². The van der Waals surface area contributed by atoms with Crippen LogP contribution in [0.15, 0.2) is 61.7 Å². The molecule has 2 aliphatic heterocycles. The quantitative estimate of drug-likeness (QED) is 0.190. The molecule has 10 heteroatoms. The molecule has 2 aromatic carbocycles. The van der Waals surface area contributed by atoms with Crippen molar-refractivity contribution in [1.82, 2.24) is 0 Å². The van der Waals surface area contributed by atoms with Gasteiger partial charge < -0.3 is 18.9 Å². The van der Waals surface area contributed by atoms with E-state index in [9.17, 15) is 26.3 Å². The van der Waals surface area contributed by atoms with E-state index in [2.05, 4.69) is 13.2 Å². The van der Waals surface area contributed by atoms with Gasteiger partial charge in [-0.05, 0) is 47.2 Å². The molecule has 0 radical (unpaired) electrons. The van der Waals surface area contributed by atoms with Crippen LogP contribution in [0.2, 0.25) is 0 Å². The largest absolute Gasteiger partial charge is 0.490 e. The minimum absolute atomic E-state index is 0.0121. The standard InChI is InChI=1S/C27H26F6O4/c1-3-5-17-11-19(7-9-23(17)36-15-21-13-34-21)25(26(28,29)30,27(31,32)33)20-8-10-24(18(12-20)6-4-2)37-16-22-14-35-22/h3-4,7-12,21-22H,1-2,5-6,13-16H2. The Bertz CT molecular complexity index is 1040. The maximum absolute atomic E-state index is 14.7. The van der Waals surface area contributed by atoms with Crippen LogP contribution < -0.4 is 9.47 Å². The molecule has 2 aliphatic rings. The number of hydrogen-bond acceptors (Lipinski definition) is 4. The van der Waals surface area contributed by atoms with Crippen LogP contribution in [-0.2, 0) is 27.7 Å². The Hall–Kier alpha value is -2.98. The Morgan fingerprint density at radius 1 is 0.730 bits per heavy atom. The SMILES string of the molecule is C=CCc1cc(C(c2ccc(OCC3CO3)c(CC=C)c2)(C(F)(F)F)C(F)(F)F)ccc1OCC1CO1. The van der Waals surface area contributed by atoms with Gasteiger partial charge in [0.15, 0.2) is 0 Å². The van der Waals surface area contributed by atoms with Gasteiger partial charge in [-0.25, -0.2) is 0 Å². The van der Waals surface area contributed by atoms with E-state index in [1.165, 1.54) is 12.2 Å². The van der Waals surface area contributed by atoms with Crippen molar-refractivity contribution < 1.29 is 45.3 Å². The zero-order chi connectivity index (χ0) is 26.8. The van der Waals surface area contributed by atoms with Gasteiger partial charge in [0.25, 0.3) is 0 Å². The van der Waals surface area contributed by atoms with Crippen LogP contribution in [0.1, 0.15) is 22.3 Å². The summed E-state index contributed by atoms with van der Waals surface area (Å²) in [5.74, 6) is 0.353. The zero-order valence-corrected chi connectivity index (χ0v) is 19.8. The highest BCUT2D eigenvalue weighted by Crippen LogP contribution is 2.57. The average molecular weight is 528 g/mol. The Kier molecular flexibility index (Phi) is 7.62. The number of benzene rings is 2. The van der Waals surface area contributed by atoms with Gasteiger partial charge in [-0.3, -0.25) is 0 Å². The lowest BCUT2D eigenvalue weighted by molar-refractivity contribution is -0.288. The average Bonchev–Trinajstić information content (AvgIpc) is 3.72. The van der Waals surface area contributed by atoms with Crippen molar-refractivity contribution in [2.24, 2.45) is 0 Å². The van der Waals surface area contributed by atoms with E-state index in [1.54, 1.807) is 0 Å². The minimum atomic E-state index is -5.73. The van der Waals surface area contributed by atoms with Gasteiger partial charge in [0, 0.05) is 0 Å². The summed E-state index contributed by atoms with van der Waals surface area (Å²) in [5, 5.41) is 0. The lowest BCUT2D eigenvalue weighted by Crippen LogP contribution is -2.54. The lowest BCUT2D eigenvalue weighted by Gasteiger charge is -2.39. The predicted molar refractivity (Wildman–Crippen MR) is 124 cm³/mol. The molecule has 0 spiro atoms. The number of rotatable bonds is 12. The first kappa shape index (κ1) is 27.1. The second-order valence-corrected chi connectivity index (χ2v) is 8.91. The molecule has 2 aromatic rings. The van der Waals surface area contributed by atoms with Crippen molar-refractivity contribution in [3.05, 3.63) is 84.0 Å². The van der Waals surface area contributed by atoms with Crippen LogP contribution in [0.25, 0.3) is 0 Å². The van der Waals surface area contributed by atoms with E-state index in [0.717, 1.165) is 36.4 Å². The van der Waals surface area contributed by atoms with Crippen LogP contribution >= 0.6 is 0 Å². The Morgan fingerprint density at radius 2 is 1.11 bits per heavy atom. The fourth-order valence-electron chi connectivity index (χ4n) is 4.21. The molecule has 2 atom stereocenters. The molecule has 0 aliphatic carbocycles. The van der Waals surface area contributed by atoms with Gasteiger partial charge in [-0.15, -0.1) is 13.2 Å². The molecule has 37 heavy (non-hydrogen) atoms. The summed E-state index contributed by atoms with van der Waals surface area (Å²) in [6.07, 6.45) is -8.93. The molecule has 0 saturated carbocycles. The molecule has 0 aromatic heterocycles. The van der Waals surface area contributed by atoms with Gasteiger partial charge in [-0.2, -0.15) is 26.3 Å². The van der Waals surface area contributed by atoms with Gasteiger partial charge in [-0.1, -0.05) is 36.4 Å². The van der Waals surface area contributed by atoms with Gasteiger partial charge in [0.2, 0.25) is 5.41 Å². The van der Waals surface area contributed by atoms with Crippen LogP contribution in [0.3, 0.4) is 0 Å². The zero-order valence-electron chi connectivity index (χ0n) is 19.8. The number of allylic oxidation sites excluding steroid dienone is 2. The van der Waals surface area contributed by atoms with Crippen molar-refractivity contribution in [3.63, 3.8) is 0 Å². The van der Waals surface area contributed by atoms with E-state index in [0.29, 0.717) is 13.2 Å². The van der Waals surface area contributed by atoms with Crippen LogP contribution in [-0.4, -0.2) is 51.0 Å². The topological polar surface area (TPSA) is 43.5 Å². The summed E-state index contributed by atoms with van der Waals surface area (Å²) >= 11 is 0. The molecule has 2 heterocycles. The second-order valence-electron chi connectivity index (χ2n) is 8.91. The maximum Gasteiger partial charge on any atom is 0.411 e. The first-order valence-corrected chi connectivity index (χ1v) is 11.6. The third-order valence-corrected chi connectivity index (χ3v) is 6.22. The smallest absolute Gasteiger partial charge is 0.411 e. The van der Waals surface area contributed by atoms with Crippen molar-refractivity contribution in [2.45, 2.75) is 42.8 Å². The highest BCUT2D eigenvalue weighted by Gasteiger charge is 2.72. The third kappa shape index (κ3) is 5.65. The highest BCUT2D eigenvalue weighted by atomic mass is 19.4. The van der Waals surface area contributed by atoms with E-state index >= 15 is 0 Å². The van der Waals surface area contributed by atoms with Crippen LogP contribution in [0.4, 0.5) is 26.3 Å². The summed E-state index contributed by atoms with van der Waals surface area (Å²) in [7, 11) is 0. The molecular weight excluding hydrogens is 502 g/mol. The Labute approximate surface area is 210 Å².